The predicted octanol–water partition coefficient (Wildman–Crippen LogP) is 4.59. The molecule has 0 saturated carbocycles. The Bertz CT molecular complexity index is 632. The molecule has 0 amide bonds. The summed E-state index contributed by atoms with van der Waals surface area (Å²) in [4.78, 5) is 14.7. The van der Waals surface area contributed by atoms with Crippen molar-refractivity contribution in [2.24, 2.45) is 0 Å². The van der Waals surface area contributed by atoms with Crippen molar-refractivity contribution in [3.8, 4) is 0 Å². The lowest BCUT2D eigenvalue weighted by molar-refractivity contribution is 0.0696. The van der Waals surface area contributed by atoms with Gasteiger partial charge in [0, 0.05) is 10.7 Å². The molecule has 0 aliphatic carbocycles. The summed E-state index contributed by atoms with van der Waals surface area (Å²) in [5.74, 6) is -0.547. The van der Waals surface area contributed by atoms with Crippen LogP contribution in [0.4, 0.5) is 11.5 Å². The molecule has 2 rings (SSSR count). The standard InChI is InChI=1S/C12H7BrCl2N2O2/c13-7-2-3-8(11(15)10(7)14)17-9-4-1-6(5-16-9)12(18)19/h1-5H,(H,16,17)(H,18,19). The van der Waals surface area contributed by atoms with Gasteiger partial charge in [0.15, 0.2) is 0 Å². The maximum atomic E-state index is 10.7. The second kappa shape index (κ2) is 5.77. The van der Waals surface area contributed by atoms with E-state index in [1.165, 1.54) is 12.3 Å². The molecule has 2 aromatic rings. The molecule has 0 atom stereocenters. The van der Waals surface area contributed by atoms with Crippen molar-refractivity contribution < 1.29 is 9.90 Å². The van der Waals surface area contributed by atoms with E-state index in [0.29, 0.717) is 26.0 Å². The Kier molecular flexibility index (Phi) is 4.29. The smallest absolute Gasteiger partial charge is 0.337 e. The molecule has 0 unspecified atom stereocenters. The zero-order valence-corrected chi connectivity index (χ0v) is 12.4. The number of rotatable bonds is 3. The first-order chi connectivity index (χ1) is 8.99. The second-order valence-electron chi connectivity index (χ2n) is 3.59. The molecule has 0 spiro atoms. The van der Waals surface area contributed by atoms with Gasteiger partial charge in [0.1, 0.15) is 5.82 Å². The lowest BCUT2D eigenvalue weighted by Gasteiger charge is -2.09. The van der Waals surface area contributed by atoms with E-state index >= 15 is 0 Å². The Morgan fingerprint density at radius 3 is 2.53 bits per heavy atom. The monoisotopic (exact) mass is 360 g/mol. The van der Waals surface area contributed by atoms with Crippen molar-refractivity contribution >= 4 is 56.6 Å². The number of pyridine rings is 1. The second-order valence-corrected chi connectivity index (χ2v) is 5.20. The molecule has 0 bridgehead atoms. The number of carboxylic acids is 1. The van der Waals surface area contributed by atoms with E-state index in [2.05, 4.69) is 26.2 Å². The minimum absolute atomic E-state index is 0.116. The first kappa shape index (κ1) is 14.1. The molecule has 4 nitrogen and oxygen atoms in total. The van der Waals surface area contributed by atoms with Gasteiger partial charge in [-0.05, 0) is 40.2 Å². The highest BCUT2D eigenvalue weighted by molar-refractivity contribution is 9.10. The molecule has 1 aromatic carbocycles. The summed E-state index contributed by atoms with van der Waals surface area (Å²) in [6, 6.07) is 6.50. The maximum absolute atomic E-state index is 10.7. The van der Waals surface area contributed by atoms with E-state index in [4.69, 9.17) is 28.3 Å². The van der Waals surface area contributed by atoms with Crippen LogP contribution in [0.15, 0.2) is 34.9 Å². The average Bonchev–Trinajstić information content (AvgIpc) is 2.40. The number of nitrogens with one attached hydrogen (secondary N) is 1. The number of benzene rings is 1. The van der Waals surface area contributed by atoms with Crippen molar-refractivity contribution in [2.45, 2.75) is 0 Å². The van der Waals surface area contributed by atoms with Crippen LogP contribution in [0, 0.1) is 0 Å². The van der Waals surface area contributed by atoms with E-state index in [0.717, 1.165) is 0 Å². The first-order valence-corrected chi connectivity index (χ1v) is 6.64. The molecule has 1 aromatic heterocycles. The molecule has 0 fully saturated rings. The number of anilines is 2. The van der Waals surface area contributed by atoms with Crippen LogP contribution in [0.1, 0.15) is 10.4 Å². The third kappa shape index (κ3) is 3.18. The van der Waals surface area contributed by atoms with E-state index in [1.807, 2.05) is 0 Å². The molecular formula is C12H7BrCl2N2O2. The number of carbonyl (C=O) groups is 1. The Hall–Kier alpha value is -1.30. The van der Waals surface area contributed by atoms with Gasteiger partial charge in [-0.1, -0.05) is 23.2 Å². The highest BCUT2D eigenvalue weighted by Gasteiger charge is 2.09. The fourth-order valence-electron chi connectivity index (χ4n) is 1.35. The third-order valence-corrected chi connectivity index (χ3v) is 4.08. The summed E-state index contributed by atoms with van der Waals surface area (Å²) < 4.78 is 0.693. The van der Waals surface area contributed by atoms with Crippen LogP contribution in [-0.4, -0.2) is 16.1 Å². The lowest BCUT2D eigenvalue weighted by atomic mass is 10.3. The van der Waals surface area contributed by atoms with Gasteiger partial charge in [0.2, 0.25) is 0 Å². The van der Waals surface area contributed by atoms with Crippen LogP contribution >= 0.6 is 39.1 Å². The molecule has 2 N–H and O–H groups in total. The molecule has 0 aliphatic rings. The molecule has 1 heterocycles. The molecule has 0 radical (unpaired) electrons. The highest BCUT2D eigenvalue weighted by atomic mass is 79.9. The van der Waals surface area contributed by atoms with Gasteiger partial charge in [-0.25, -0.2) is 9.78 Å². The number of halogens is 3. The van der Waals surface area contributed by atoms with E-state index < -0.39 is 5.97 Å². The fourth-order valence-corrected chi connectivity index (χ4v) is 2.18. The molecular weight excluding hydrogens is 355 g/mol. The Morgan fingerprint density at radius 2 is 1.95 bits per heavy atom. The van der Waals surface area contributed by atoms with Gasteiger partial charge >= 0.3 is 5.97 Å². The van der Waals surface area contributed by atoms with Crippen molar-refractivity contribution in [3.05, 3.63) is 50.5 Å². The highest BCUT2D eigenvalue weighted by Crippen LogP contribution is 2.36. The molecule has 7 heteroatoms. The van der Waals surface area contributed by atoms with Crippen molar-refractivity contribution in [3.63, 3.8) is 0 Å². The third-order valence-electron chi connectivity index (χ3n) is 2.31. The summed E-state index contributed by atoms with van der Waals surface area (Å²) in [7, 11) is 0. The van der Waals surface area contributed by atoms with Crippen LogP contribution in [0.2, 0.25) is 10.0 Å². The van der Waals surface area contributed by atoms with Crippen LogP contribution in [0.5, 0.6) is 0 Å². The van der Waals surface area contributed by atoms with Crippen LogP contribution in [0.25, 0.3) is 0 Å². The van der Waals surface area contributed by atoms with Crippen LogP contribution in [0.3, 0.4) is 0 Å². The van der Waals surface area contributed by atoms with E-state index in [1.54, 1.807) is 18.2 Å². The van der Waals surface area contributed by atoms with E-state index in [9.17, 15) is 4.79 Å². The minimum atomic E-state index is -1.02. The van der Waals surface area contributed by atoms with E-state index in [-0.39, 0.29) is 5.56 Å². The number of aromatic nitrogens is 1. The zero-order valence-electron chi connectivity index (χ0n) is 9.32. The Morgan fingerprint density at radius 1 is 1.21 bits per heavy atom. The van der Waals surface area contributed by atoms with Gasteiger partial charge < -0.3 is 10.4 Å². The quantitative estimate of drug-likeness (QED) is 0.784. The minimum Gasteiger partial charge on any atom is -0.478 e. The maximum Gasteiger partial charge on any atom is 0.337 e. The number of carboxylic acid groups (broad SMARTS) is 1. The lowest BCUT2D eigenvalue weighted by Crippen LogP contribution is -1.99. The summed E-state index contributed by atoms with van der Waals surface area (Å²) in [5, 5.41) is 12.5. The molecule has 0 aliphatic heterocycles. The van der Waals surface area contributed by atoms with Crippen LogP contribution in [-0.2, 0) is 0 Å². The van der Waals surface area contributed by atoms with Crippen LogP contribution < -0.4 is 5.32 Å². The molecule has 19 heavy (non-hydrogen) atoms. The Balaban J connectivity index is 2.26. The summed E-state index contributed by atoms with van der Waals surface area (Å²) >= 11 is 15.3. The topological polar surface area (TPSA) is 62.2 Å². The van der Waals surface area contributed by atoms with Gasteiger partial charge in [0.05, 0.1) is 21.3 Å². The van der Waals surface area contributed by atoms with Crippen molar-refractivity contribution in [1.82, 2.24) is 4.98 Å². The fraction of sp³-hybridized carbons (Fsp3) is 0. The van der Waals surface area contributed by atoms with Crippen molar-refractivity contribution in [2.75, 3.05) is 5.32 Å². The normalized spacial score (nSPS) is 10.3. The molecule has 98 valence electrons. The number of hydrogen-bond acceptors (Lipinski definition) is 3. The van der Waals surface area contributed by atoms with Gasteiger partial charge in [-0.15, -0.1) is 0 Å². The number of nitrogens with zero attached hydrogens (tertiary/aromatic N) is 1. The SMILES string of the molecule is O=C(O)c1ccc(Nc2ccc(Br)c(Cl)c2Cl)nc1. The largest absolute Gasteiger partial charge is 0.478 e. The van der Waals surface area contributed by atoms with Crippen molar-refractivity contribution in [1.29, 1.82) is 0 Å². The molecule has 0 saturated heterocycles. The number of hydrogen-bond donors (Lipinski definition) is 2. The van der Waals surface area contributed by atoms with Gasteiger partial charge in [-0.3, -0.25) is 0 Å². The summed E-state index contributed by atoms with van der Waals surface area (Å²) in [5.41, 5.74) is 0.705. The summed E-state index contributed by atoms with van der Waals surface area (Å²) in [6.45, 7) is 0. The summed E-state index contributed by atoms with van der Waals surface area (Å²) in [6.07, 6.45) is 1.26. The first-order valence-electron chi connectivity index (χ1n) is 5.09. The number of aromatic carboxylic acids is 1. The Labute approximate surface area is 127 Å². The van der Waals surface area contributed by atoms with Gasteiger partial charge in [-0.2, -0.15) is 0 Å². The zero-order chi connectivity index (χ0) is 14.0. The predicted molar refractivity (Wildman–Crippen MR) is 78.6 cm³/mol. The van der Waals surface area contributed by atoms with Gasteiger partial charge in [0.25, 0.3) is 0 Å². The average molecular weight is 362 g/mol.